The molecule has 0 atom stereocenters. The first-order valence-corrected chi connectivity index (χ1v) is 9.41. The zero-order chi connectivity index (χ0) is 19.8. The van der Waals surface area contributed by atoms with Gasteiger partial charge in [0.05, 0.1) is 12.6 Å². The molecular weight excluding hydrogens is 423 g/mol. The van der Waals surface area contributed by atoms with Crippen LogP contribution in [0.5, 0.6) is 5.75 Å². The van der Waals surface area contributed by atoms with Gasteiger partial charge < -0.3 is 4.74 Å². The fraction of sp³-hybridized carbons (Fsp3) is 0.0909. The molecule has 3 aromatic rings. The summed E-state index contributed by atoms with van der Waals surface area (Å²) >= 11 is 3.40. The van der Waals surface area contributed by atoms with Gasteiger partial charge in [0.2, 0.25) is 5.91 Å². The lowest BCUT2D eigenvalue weighted by Gasteiger charge is -2.06. The Balaban J connectivity index is 1.45. The first-order chi connectivity index (χ1) is 13.6. The lowest BCUT2D eigenvalue weighted by atomic mass is 10.1. The molecule has 3 rings (SSSR count). The minimum absolute atomic E-state index is 0.139. The first kappa shape index (κ1) is 19.8. The maximum absolute atomic E-state index is 12.9. The highest BCUT2D eigenvalue weighted by molar-refractivity contribution is 9.10. The lowest BCUT2D eigenvalue weighted by molar-refractivity contribution is -0.120. The highest BCUT2D eigenvalue weighted by Gasteiger charge is 2.02. The Morgan fingerprint density at radius 2 is 1.61 bits per heavy atom. The SMILES string of the molecule is O=C(Cc1ccc(F)cc1)N/N=C/c1ccc(OCc2ccc(Br)cc2)cc1. The van der Waals surface area contributed by atoms with Crippen LogP contribution in [0, 0.1) is 5.82 Å². The first-order valence-electron chi connectivity index (χ1n) is 8.62. The smallest absolute Gasteiger partial charge is 0.244 e. The summed E-state index contributed by atoms with van der Waals surface area (Å²) in [5, 5.41) is 3.94. The van der Waals surface area contributed by atoms with Gasteiger partial charge in [-0.05, 0) is 65.2 Å². The topological polar surface area (TPSA) is 50.7 Å². The van der Waals surface area contributed by atoms with E-state index in [9.17, 15) is 9.18 Å². The standard InChI is InChI=1S/C22H18BrFN2O2/c23-19-7-1-18(2-8-19)15-28-21-11-5-17(6-12-21)14-25-26-22(27)13-16-3-9-20(24)10-4-16/h1-12,14H,13,15H2,(H,26,27)/b25-14+. The van der Waals surface area contributed by atoms with Crippen molar-refractivity contribution in [1.29, 1.82) is 0 Å². The van der Waals surface area contributed by atoms with Crippen LogP contribution in [-0.2, 0) is 17.8 Å². The summed E-state index contributed by atoms with van der Waals surface area (Å²) in [5.74, 6) is 0.157. The molecule has 0 aromatic heterocycles. The van der Waals surface area contributed by atoms with Crippen molar-refractivity contribution >= 4 is 28.1 Å². The van der Waals surface area contributed by atoms with E-state index in [1.54, 1.807) is 18.3 Å². The maximum atomic E-state index is 12.9. The van der Waals surface area contributed by atoms with E-state index < -0.39 is 0 Å². The van der Waals surface area contributed by atoms with Crippen molar-refractivity contribution < 1.29 is 13.9 Å². The number of carbonyl (C=O) groups excluding carboxylic acids is 1. The lowest BCUT2D eigenvalue weighted by Crippen LogP contribution is -2.19. The Hall–Kier alpha value is -2.99. The molecule has 0 saturated carbocycles. The summed E-state index contributed by atoms with van der Waals surface area (Å²) in [6, 6.07) is 21.2. The molecule has 0 aliphatic rings. The molecule has 0 aliphatic heterocycles. The number of nitrogens with one attached hydrogen (secondary N) is 1. The van der Waals surface area contributed by atoms with Crippen molar-refractivity contribution in [1.82, 2.24) is 5.43 Å². The second kappa shape index (κ2) is 9.80. The number of amides is 1. The monoisotopic (exact) mass is 440 g/mol. The van der Waals surface area contributed by atoms with Crippen molar-refractivity contribution in [3.05, 3.63) is 99.8 Å². The van der Waals surface area contributed by atoms with Crippen LogP contribution in [0.2, 0.25) is 0 Å². The van der Waals surface area contributed by atoms with E-state index >= 15 is 0 Å². The molecule has 0 spiro atoms. The molecule has 1 N–H and O–H groups in total. The highest BCUT2D eigenvalue weighted by Crippen LogP contribution is 2.15. The quantitative estimate of drug-likeness (QED) is 0.421. The Labute approximate surface area is 171 Å². The van der Waals surface area contributed by atoms with Crippen LogP contribution < -0.4 is 10.2 Å². The zero-order valence-electron chi connectivity index (χ0n) is 14.9. The molecule has 0 radical (unpaired) electrons. The van der Waals surface area contributed by atoms with E-state index in [1.807, 2.05) is 48.5 Å². The summed E-state index contributed by atoms with van der Waals surface area (Å²) in [6.45, 7) is 0.486. The molecule has 0 aliphatic carbocycles. The molecule has 0 unspecified atom stereocenters. The van der Waals surface area contributed by atoms with Gasteiger partial charge in [0.1, 0.15) is 18.2 Å². The summed E-state index contributed by atoms with van der Waals surface area (Å²) in [5.41, 5.74) is 5.10. The number of benzene rings is 3. The molecular formula is C22H18BrFN2O2. The third-order valence-electron chi connectivity index (χ3n) is 3.88. The summed E-state index contributed by atoms with van der Waals surface area (Å²) < 4.78 is 19.6. The predicted molar refractivity (Wildman–Crippen MR) is 111 cm³/mol. The van der Waals surface area contributed by atoms with Crippen LogP contribution in [0.4, 0.5) is 4.39 Å². The van der Waals surface area contributed by atoms with Gasteiger partial charge in [-0.3, -0.25) is 4.79 Å². The van der Waals surface area contributed by atoms with Gasteiger partial charge in [0.15, 0.2) is 0 Å². The largest absolute Gasteiger partial charge is 0.489 e. The normalized spacial score (nSPS) is 10.8. The minimum Gasteiger partial charge on any atom is -0.489 e. The van der Waals surface area contributed by atoms with Crippen LogP contribution in [0.3, 0.4) is 0 Å². The number of hydrogen-bond donors (Lipinski definition) is 1. The Kier molecular flexibility index (Phi) is 6.92. The number of nitrogens with zero attached hydrogens (tertiary/aromatic N) is 1. The number of ether oxygens (including phenoxy) is 1. The van der Waals surface area contributed by atoms with Crippen molar-refractivity contribution in [3.8, 4) is 5.75 Å². The van der Waals surface area contributed by atoms with Crippen LogP contribution >= 0.6 is 15.9 Å². The van der Waals surface area contributed by atoms with Gasteiger partial charge in [0.25, 0.3) is 0 Å². The van der Waals surface area contributed by atoms with E-state index in [1.165, 1.54) is 12.1 Å². The molecule has 0 saturated heterocycles. The van der Waals surface area contributed by atoms with E-state index in [0.29, 0.717) is 6.61 Å². The second-order valence-corrected chi connectivity index (χ2v) is 7.00. The van der Waals surface area contributed by atoms with Crippen molar-refractivity contribution in [2.45, 2.75) is 13.0 Å². The van der Waals surface area contributed by atoms with E-state index in [0.717, 1.165) is 26.9 Å². The predicted octanol–water partition coefficient (Wildman–Crippen LogP) is 4.86. The molecule has 4 nitrogen and oxygen atoms in total. The number of hydrazone groups is 1. The molecule has 1 amide bonds. The Morgan fingerprint density at radius 1 is 0.964 bits per heavy atom. The van der Waals surface area contributed by atoms with E-state index in [-0.39, 0.29) is 18.1 Å². The van der Waals surface area contributed by atoms with Crippen LogP contribution in [-0.4, -0.2) is 12.1 Å². The number of halogens is 2. The molecule has 28 heavy (non-hydrogen) atoms. The van der Waals surface area contributed by atoms with Gasteiger partial charge >= 0.3 is 0 Å². The third kappa shape index (κ3) is 6.32. The summed E-state index contributed by atoms with van der Waals surface area (Å²) in [4.78, 5) is 11.8. The molecule has 0 fully saturated rings. The van der Waals surface area contributed by atoms with Gasteiger partial charge in [-0.2, -0.15) is 5.10 Å². The molecule has 3 aromatic carbocycles. The molecule has 0 heterocycles. The van der Waals surface area contributed by atoms with Gasteiger partial charge in [0, 0.05) is 4.47 Å². The van der Waals surface area contributed by atoms with Gasteiger partial charge in [-0.15, -0.1) is 0 Å². The number of hydrogen-bond acceptors (Lipinski definition) is 3. The molecule has 142 valence electrons. The van der Waals surface area contributed by atoms with Gasteiger partial charge in [-0.1, -0.05) is 40.2 Å². The molecule has 6 heteroatoms. The van der Waals surface area contributed by atoms with Crippen LogP contribution in [0.15, 0.2) is 82.4 Å². The maximum Gasteiger partial charge on any atom is 0.244 e. The van der Waals surface area contributed by atoms with Crippen molar-refractivity contribution in [3.63, 3.8) is 0 Å². The minimum atomic E-state index is -0.327. The Bertz CT molecular complexity index is 940. The average Bonchev–Trinajstić information content (AvgIpc) is 2.70. The van der Waals surface area contributed by atoms with Crippen molar-refractivity contribution in [2.24, 2.45) is 5.10 Å². The fourth-order valence-corrected chi connectivity index (χ4v) is 2.67. The van der Waals surface area contributed by atoms with E-state index in [2.05, 4.69) is 26.5 Å². The van der Waals surface area contributed by atoms with Crippen LogP contribution in [0.25, 0.3) is 0 Å². The summed E-state index contributed by atoms with van der Waals surface area (Å²) in [7, 11) is 0. The fourth-order valence-electron chi connectivity index (χ4n) is 2.40. The average molecular weight is 441 g/mol. The third-order valence-corrected chi connectivity index (χ3v) is 4.41. The summed E-state index contributed by atoms with van der Waals surface area (Å²) in [6.07, 6.45) is 1.70. The van der Waals surface area contributed by atoms with Crippen LogP contribution in [0.1, 0.15) is 16.7 Å². The zero-order valence-corrected chi connectivity index (χ0v) is 16.5. The second-order valence-electron chi connectivity index (χ2n) is 6.08. The Morgan fingerprint density at radius 3 is 2.29 bits per heavy atom. The van der Waals surface area contributed by atoms with Gasteiger partial charge in [-0.25, -0.2) is 9.82 Å². The van der Waals surface area contributed by atoms with E-state index in [4.69, 9.17) is 4.74 Å². The highest BCUT2D eigenvalue weighted by atomic mass is 79.9. The number of carbonyl (C=O) groups is 1. The molecule has 0 bridgehead atoms. The van der Waals surface area contributed by atoms with Crippen molar-refractivity contribution in [2.75, 3.05) is 0 Å². The number of rotatable bonds is 7.